The quantitative estimate of drug-likeness (QED) is 0.736. The highest BCUT2D eigenvalue weighted by Gasteiger charge is 2.24. The van der Waals surface area contributed by atoms with E-state index in [0.29, 0.717) is 11.6 Å². The van der Waals surface area contributed by atoms with E-state index in [1.165, 1.54) is 6.07 Å². The molecule has 0 saturated heterocycles. The zero-order valence-electron chi connectivity index (χ0n) is 10.4. The Labute approximate surface area is 101 Å². The van der Waals surface area contributed by atoms with Gasteiger partial charge in [-0.1, -0.05) is 13.8 Å². The van der Waals surface area contributed by atoms with Gasteiger partial charge in [-0.05, 0) is 19.3 Å². The van der Waals surface area contributed by atoms with Crippen molar-refractivity contribution in [3.63, 3.8) is 0 Å². The van der Waals surface area contributed by atoms with Crippen molar-refractivity contribution < 1.29 is 0 Å². The van der Waals surface area contributed by atoms with Crippen molar-refractivity contribution in [2.24, 2.45) is 5.73 Å². The minimum atomic E-state index is -0.113. The smallest absolute Gasteiger partial charge is 0.252 e. The number of anilines is 1. The van der Waals surface area contributed by atoms with Gasteiger partial charge >= 0.3 is 0 Å². The van der Waals surface area contributed by atoms with Crippen LogP contribution in [0.2, 0.25) is 0 Å². The van der Waals surface area contributed by atoms with Crippen LogP contribution < -0.4 is 16.6 Å². The van der Waals surface area contributed by atoms with E-state index in [9.17, 15) is 4.79 Å². The van der Waals surface area contributed by atoms with Crippen molar-refractivity contribution in [1.29, 1.82) is 0 Å². The van der Waals surface area contributed by atoms with E-state index in [0.717, 1.165) is 19.3 Å². The van der Waals surface area contributed by atoms with Crippen molar-refractivity contribution >= 4 is 5.82 Å². The van der Waals surface area contributed by atoms with Gasteiger partial charge in [-0.15, -0.1) is 0 Å². The van der Waals surface area contributed by atoms with Gasteiger partial charge in [-0.3, -0.25) is 4.79 Å². The summed E-state index contributed by atoms with van der Waals surface area (Å²) in [6.07, 6.45) is 3.23. The average molecular weight is 236 g/mol. The molecule has 0 radical (unpaired) electrons. The zero-order valence-corrected chi connectivity index (χ0v) is 10.4. The first-order valence-corrected chi connectivity index (χ1v) is 6.19. The van der Waals surface area contributed by atoms with Crippen LogP contribution in [0, 0.1) is 0 Å². The van der Waals surface area contributed by atoms with Crippen LogP contribution in [0.4, 0.5) is 5.82 Å². The Balaban J connectivity index is 2.18. The Morgan fingerprint density at radius 3 is 2.88 bits per heavy atom. The molecule has 5 nitrogen and oxygen atoms in total. The summed E-state index contributed by atoms with van der Waals surface area (Å²) in [5, 5.41) is 3.27. The lowest BCUT2D eigenvalue weighted by Crippen LogP contribution is -2.36. The maximum absolute atomic E-state index is 11.5. The van der Waals surface area contributed by atoms with Gasteiger partial charge in [-0.25, -0.2) is 4.98 Å². The maximum atomic E-state index is 11.5. The second-order valence-electron chi connectivity index (χ2n) is 5.02. The average Bonchev–Trinajstić information content (AvgIpc) is 2.63. The van der Waals surface area contributed by atoms with Crippen LogP contribution in [0.15, 0.2) is 10.9 Å². The number of nitrogens with two attached hydrogens (primary N) is 1. The highest BCUT2D eigenvalue weighted by atomic mass is 16.1. The third kappa shape index (κ3) is 2.85. The summed E-state index contributed by atoms with van der Waals surface area (Å²) in [4.78, 5) is 18.7. The molecule has 0 spiro atoms. The molecule has 0 amide bonds. The summed E-state index contributed by atoms with van der Waals surface area (Å²) in [6, 6.07) is 1.90. The molecule has 94 valence electrons. The molecule has 0 bridgehead atoms. The third-order valence-electron chi connectivity index (χ3n) is 3.21. The van der Waals surface area contributed by atoms with Crippen molar-refractivity contribution in [3.05, 3.63) is 22.2 Å². The summed E-state index contributed by atoms with van der Waals surface area (Å²) >= 11 is 0. The Morgan fingerprint density at radius 1 is 1.53 bits per heavy atom. The van der Waals surface area contributed by atoms with Gasteiger partial charge in [0.2, 0.25) is 0 Å². The maximum Gasteiger partial charge on any atom is 0.252 e. The van der Waals surface area contributed by atoms with E-state index < -0.39 is 0 Å². The standard InChI is InChI=1S/C12H20N4O/c1-7(2)12-15-10(6-11(17)16-12)14-9-5-3-4-8(9)13/h6-9H,3-5,13H2,1-2H3,(H2,14,15,16,17). The first kappa shape index (κ1) is 12.1. The largest absolute Gasteiger partial charge is 0.366 e. The van der Waals surface area contributed by atoms with Crippen molar-refractivity contribution in [2.75, 3.05) is 5.32 Å². The van der Waals surface area contributed by atoms with Crippen LogP contribution in [0.25, 0.3) is 0 Å². The predicted molar refractivity (Wildman–Crippen MR) is 68.2 cm³/mol. The van der Waals surface area contributed by atoms with E-state index in [1.54, 1.807) is 0 Å². The van der Waals surface area contributed by atoms with Gasteiger partial charge < -0.3 is 16.0 Å². The van der Waals surface area contributed by atoms with Crippen molar-refractivity contribution in [1.82, 2.24) is 9.97 Å². The first-order chi connectivity index (χ1) is 8.06. The fourth-order valence-corrected chi connectivity index (χ4v) is 2.18. The zero-order chi connectivity index (χ0) is 12.4. The van der Waals surface area contributed by atoms with Gasteiger partial charge in [-0.2, -0.15) is 0 Å². The molecule has 5 heteroatoms. The Morgan fingerprint density at radius 2 is 2.29 bits per heavy atom. The number of hydrogen-bond acceptors (Lipinski definition) is 4. The number of nitrogens with one attached hydrogen (secondary N) is 2. The number of rotatable bonds is 3. The summed E-state index contributed by atoms with van der Waals surface area (Å²) in [5.74, 6) is 1.56. The minimum Gasteiger partial charge on any atom is -0.366 e. The SMILES string of the molecule is CC(C)c1nc(NC2CCCC2N)cc(=O)[nH]1. The molecular formula is C12H20N4O. The number of H-pyrrole nitrogens is 1. The van der Waals surface area contributed by atoms with Crippen LogP contribution in [0.5, 0.6) is 0 Å². The van der Waals surface area contributed by atoms with Gasteiger partial charge in [0.1, 0.15) is 11.6 Å². The normalized spacial score (nSPS) is 24.2. The molecule has 1 saturated carbocycles. The van der Waals surface area contributed by atoms with Gasteiger partial charge in [0, 0.05) is 24.1 Å². The topological polar surface area (TPSA) is 83.8 Å². The second kappa shape index (κ2) is 4.87. The molecule has 17 heavy (non-hydrogen) atoms. The highest BCUT2D eigenvalue weighted by molar-refractivity contribution is 5.35. The molecular weight excluding hydrogens is 216 g/mol. The fraction of sp³-hybridized carbons (Fsp3) is 0.667. The molecule has 1 heterocycles. The summed E-state index contributed by atoms with van der Waals surface area (Å²) in [7, 11) is 0. The number of hydrogen-bond donors (Lipinski definition) is 3. The minimum absolute atomic E-state index is 0.113. The third-order valence-corrected chi connectivity index (χ3v) is 3.21. The van der Waals surface area contributed by atoms with Crippen LogP contribution in [0.3, 0.4) is 0 Å². The molecule has 1 aromatic rings. The van der Waals surface area contributed by atoms with E-state index in [4.69, 9.17) is 5.73 Å². The number of aromatic amines is 1. The number of aromatic nitrogens is 2. The second-order valence-corrected chi connectivity index (χ2v) is 5.02. The van der Waals surface area contributed by atoms with Crippen molar-refractivity contribution in [3.8, 4) is 0 Å². The van der Waals surface area contributed by atoms with Gasteiger partial charge in [0.25, 0.3) is 5.56 Å². The van der Waals surface area contributed by atoms with Gasteiger partial charge in [0.05, 0.1) is 0 Å². The lowest BCUT2D eigenvalue weighted by Gasteiger charge is -2.18. The summed E-state index contributed by atoms with van der Waals surface area (Å²) < 4.78 is 0. The molecule has 1 aliphatic rings. The van der Waals surface area contributed by atoms with E-state index in [-0.39, 0.29) is 23.6 Å². The van der Waals surface area contributed by atoms with E-state index in [1.807, 2.05) is 13.8 Å². The molecule has 1 fully saturated rings. The Bertz CT molecular complexity index is 440. The molecule has 2 unspecified atom stereocenters. The molecule has 0 aromatic carbocycles. The van der Waals surface area contributed by atoms with Gasteiger partial charge in [0.15, 0.2) is 0 Å². The molecule has 4 N–H and O–H groups in total. The predicted octanol–water partition coefficient (Wildman–Crippen LogP) is 1.18. The van der Waals surface area contributed by atoms with Crippen LogP contribution in [-0.4, -0.2) is 22.1 Å². The van der Waals surface area contributed by atoms with E-state index in [2.05, 4.69) is 15.3 Å². The van der Waals surface area contributed by atoms with Crippen LogP contribution in [-0.2, 0) is 0 Å². The summed E-state index contributed by atoms with van der Waals surface area (Å²) in [6.45, 7) is 4.01. The van der Waals surface area contributed by atoms with E-state index >= 15 is 0 Å². The summed E-state index contributed by atoms with van der Waals surface area (Å²) in [5.41, 5.74) is 5.87. The fourth-order valence-electron chi connectivity index (χ4n) is 2.18. The molecule has 0 aliphatic heterocycles. The van der Waals surface area contributed by atoms with Crippen molar-refractivity contribution in [2.45, 2.75) is 51.1 Å². The van der Waals surface area contributed by atoms with Crippen LogP contribution in [0.1, 0.15) is 44.9 Å². The highest BCUT2D eigenvalue weighted by Crippen LogP contribution is 2.20. The monoisotopic (exact) mass is 236 g/mol. The lowest BCUT2D eigenvalue weighted by atomic mass is 10.2. The Hall–Kier alpha value is -1.36. The first-order valence-electron chi connectivity index (χ1n) is 6.19. The number of nitrogens with zero attached hydrogens (tertiary/aromatic N) is 1. The van der Waals surface area contributed by atoms with Crippen LogP contribution >= 0.6 is 0 Å². The molecule has 2 rings (SSSR count). The molecule has 2 atom stereocenters. The Kier molecular flexibility index (Phi) is 3.47. The molecule has 1 aromatic heterocycles. The lowest BCUT2D eigenvalue weighted by molar-refractivity contribution is 0.633. The molecule has 1 aliphatic carbocycles.